The Morgan fingerprint density at radius 3 is 2.30 bits per heavy atom. The quantitative estimate of drug-likeness (QED) is 0.781. The molecule has 2 aromatic rings. The number of aromatic nitrogens is 1. The summed E-state index contributed by atoms with van der Waals surface area (Å²) in [6, 6.07) is 6.62. The maximum atomic E-state index is 11.8. The zero-order valence-corrected chi connectivity index (χ0v) is 11.3. The van der Waals surface area contributed by atoms with Gasteiger partial charge in [-0.1, -0.05) is 0 Å². The SMILES string of the molecule is COc1cc(Cc2ccc(N)[nH]c2=O)cc(OC)c1O. The number of methoxy groups -OCH3 is 2. The van der Waals surface area contributed by atoms with E-state index in [9.17, 15) is 9.90 Å². The molecule has 0 amide bonds. The van der Waals surface area contributed by atoms with Crippen LogP contribution < -0.4 is 20.8 Å². The zero-order chi connectivity index (χ0) is 14.7. The first-order valence-electron chi connectivity index (χ1n) is 5.96. The molecule has 0 atom stereocenters. The fraction of sp³-hybridized carbons (Fsp3) is 0.214. The lowest BCUT2D eigenvalue weighted by Gasteiger charge is -2.11. The van der Waals surface area contributed by atoms with Crippen LogP contribution in [0.2, 0.25) is 0 Å². The number of aromatic amines is 1. The molecular formula is C14H16N2O4. The minimum atomic E-state index is -0.240. The number of hydrogen-bond donors (Lipinski definition) is 3. The lowest BCUT2D eigenvalue weighted by molar-refractivity contribution is 0.339. The van der Waals surface area contributed by atoms with E-state index in [4.69, 9.17) is 15.2 Å². The van der Waals surface area contributed by atoms with Crippen LogP contribution in [0.4, 0.5) is 5.82 Å². The third kappa shape index (κ3) is 2.69. The molecule has 0 aliphatic rings. The molecule has 0 unspecified atom stereocenters. The second-order valence-corrected chi connectivity index (χ2v) is 4.29. The summed E-state index contributed by atoms with van der Waals surface area (Å²) in [6.07, 6.45) is 0.378. The summed E-state index contributed by atoms with van der Waals surface area (Å²) in [7, 11) is 2.91. The Balaban J connectivity index is 2.40. The van der Waals surface area contributed by atoms with Crippen molar-refractivity contribution in [1.29, 1.82) is 0 Å². The average Bonchev–Trinajstić information content (AvgIpc) is 2.43. The number of phenols is 1. The van der Waals surface area contributed by atoms with E-state index in [0.29, 0.717) is 29.3 Å². The van der Waals surface area contributed by atoms with Gasteiger partial charge in [0.2, 0.25) is 5.75 Å². The first-order chi connectivity index (χ1) is 9.55. The molecule has 1 heterocycles. The van der Waals surface area contributed by atoms with Gasteiger partial charge in [-0.2, -0.15) is 0 Å². The first kappa shape index (κ1) is 13.8. The highest BCUT2D eigenvalue weighted by Gasteiger charge is 2.12. The second kappa shape index (κ2) is 5.56. The Morgan fingerprint density at radius 1 is 1.20 bits per heavy atom. The van der Waals surface area contributed by atoms with Gasteiger partial charge >= 0.3 is 0 Å². The van der Waals surface area contributed by atoms with Crippen molar-refractivity contribution in [3.63, 3.8) is 0 Å². The molecule has 6 nitrogen and oxygen atoms in total. The van der Waals surface area contributed by atoms with Crippen molar-refractivity contribution in [2.45, 2.75) is 6.42 Å². The summed E-state index contributed by atoms with van der Waals surface area (Å²) in [4.78, 5) is 14.3. The molecule has 0 aliphatic carbocycles. The number of phenolic OH excluding ortho intramolecular Hbond substituents is 1. The molecule has 0 spiro atoms. The molecule has 0 aliphatic heterocycles. The predicted molar refractivity (Wildman–Crippen MR) is 75.5 cm³/mol. The van der Waals surface area contributed by atoms with Gasteiger partial charge in [0, 0.05) is 12.0 Å². The van der Waals surface area contributed by atoms with Crippen molar-refractivity contribution >= 4 is 5.82 Å². The standard InChI is InChI=1S/C14H16N2O4/c1-19-10-6-8(7-11(20-2)13(10)17)5-9-3-4-12(15)16-14(9)18/h3-4,6-7,17H,5H2,1-2H3,(H3,15,16,18). The normalized spacial score (nSPS) is 10.3. The van der Waals surface area contributed by atoms with Crippen LogP contribution in [-0.4, -0.2) is 24.3 Å². The highest BCUT2D eigenvalue weighted by atomic mass is 16.5. The highest BCUT2D eigenvalue weighted by Crippen LogP contribution is 2.37. The minimum absolute atomic E-state index is 0.0648. The Kier molecular flexibility index (Phi) is 3.84. The summed E-state index contributed by atoms with van der Waals surface area (Å²) >= 11 is 0. The smallest absolute Gasteiger partial charge is 0.253 e. The van der Waals surface area contributed by atoms with Crippen LogP contribution in [0.5, 0.6) is 17.2 Å². The lowest BCUT2D eigenvalue weighted by Crippen LogP contribution is -2.14. The monoisotopic (exact) mass is 276 g/mol. The minimum Gasteiger partial charge on any atom is -0.502 e. The second-order valence-electron chi connectivity index (χ2n) is 4.29. The number of nitrogens with one attached hydrogen (secondary N) is 1. The number of H-pyrrole nitrogens is 1. The summed E-state index contributed by atoms with van der Waals surface area (Å²) in [6.45, 7) is 0. The van der Waals surface area contributed by atoms with E-state index in [1.807, 2.05) is 0 Å². The molecule has 0 saturated carbocycles. The molecule has 0 saturated heterocycles. The van der Waals surface area contributed by atoms with E-state index in [0.717, 1.165) is 5.56 Å². The van der Waals surface area contributed by atoms with E-state index in [1.54, 1.807) is 24.3 Å². The van der Waals surface area contributed by atoms with Gasteiger partial charge in [-0.3, -0.25) is 4.79 Å². The van der Waals surface area contributed by atoms with Crippen molar-refractivity contribution in [3.05, 3.63) is 45.7 Å². The Morgan fingerprint density at radius 2 is 1.80 bits per heavy atom. The predicted octanol–water partition coefficient (Wildman–Crippen LogP) is 1.27. The number of pyridine rings is 1. The van der Waals surface area contributed by atoms with Gasteiger partial charge < -0.3 is 25.3 Å². The maximum absolute atomic E-state index is 11.8. The summed E-state index contributed by atoms with van der Waals surface area (Å²) in [5.74, 6) is 0.849. The van der Waals surface area contributed by atoms with Crippen molar-refractivity contribution in [2.24, 2.45) is 0 Å². The Bertz CT molecular complexity index is 654. The van der Waals surface area contributed by atoms with Gasteiger partial charge in [-0.15, -0.1) is 0 Å². The number of nitrogens with two attached hydrogens (primary N) is 1. The molecule has 0 radical (unpaired) electrons. The summed E-state index contributed by atoms with van der Waals surface area (Å²) in [5, 5.41) is 9.84. The van der Waals surface area contributed by atoms with Crippen LogP contribution in [0.25, 0.3) is 0 Å². The molecule has 4 N–H and O–H groups in total. The highest BCUT2D eigenvalue weighted by molar-refractivity contribution is 5.53. The van der Waals surface area contributed by atoms with E-state index >= 15 is 0 Å². The third-order valence-electron chi connectivity index (χ3n) is 2.95. The maximum Gasteiger partial charge on any atom is 0.253 e. The molecule has 1 aromatic carbocycles. The van der Waals surface area contributed by atoms with Crippen LogP contribution in [0.15, 0.2) is 29.1 Å². The molecule has 2 rings (SSSR count). The molecule has 0 fully saturated rings. The van der Waals surface area contributed by atoms with Crippen LogP contribution in [-0.2, 0) is 6.42 Å². The van der Waals surface area contributed by atoms with Gasteiger partial charge in [0.15, 0.2) is 11.5 Å². The Hall–Kier alpha value is -2.63. The Labute approximate surface area is 115 Å². The third-order valence-corrected chi connectivity index (χ3v) is 2.95. The largest absolute Gasteiger partial charge is 0.502 e. The first-order valence-corrected chi connectivity index (χ1v) is 5.96. The van der Waals surface area contributed by atoms with Crippen molar-refractivity contribution in [1.82, 2.24) is 4.98 Å². The van der Waals surface area contributed by atoms with E-state index in [-0.39, 0.29) is 11.3 Å². The molecule has 6 heteroatoms. The zero-order valence-electron chi connectivity index (χ0n) is 11.3. The number of aromatic hydroxyl groups is 1. The van der Waals surface area contributed by atoms with Crippen molar-refractivity contribution < 1.29 is 14.6 Å². The van der Waals surface area contributed by atoms with Crippen molar-refractivity contribution in [2.75, 3.05) is 20.0 Å². The molecule has 1 aromatic heterocycles. The van der Waals surface area contributed by atoms with Gasteiger partial charge in [0.25, 0.3) is 5.56 Å². The van der Waals surface area contributed by atoms with Crippen LogP contribution in [0.3, 0.4) is 0 Å². The van der Waals surface area contributed by atoms with Gasteiger partial charge in [0.1, 0.15) is 5.82 Å². The van der Waals surface area contributed by atoms with E-state index in [2.05, 4.69) is 4.98 Å². The van der Waals surface area contributed by atoms with Crippen LogP contribution >= 0.6 is 0 Å². The average molecular weight is 276 g/mol. The molecule has 20 heavy (non-hydrogen) atoms. The van der Waals surface area contributed by atoms with Crippen LogP contribution in [0.1, 0.15) is 11.1 Å². The van der Waals surface area contributed by atoms with Gasteiger partial charge in [-0.25, -0.2) is 0 Å². The number of ether oxygens (including phenoxy) is 2. The number of hydrogen-bond acceptors (Lipinski definition) is 5. The van der Waals surface area contributed by atoms with Crippen LogP contribution in [0, 0.1) is 0 Å². The fourth-order valence-electron chi connectivity index (χ4n) is 1.93. The topological polar surface area (TPSA) is 97.6 Å². The molecular weight excluding hydrogens is 260 g/mol. The van der Waals surface area contributed by atoms with E-state index < -0.39 is 0 Å². The van der Waals surface area contributed by atoms with Gasteiger partial charge in [-0.05, 0) is 29.8 Å². The fourth-order valence-corrected chi connectivity index (χ4v) is 1.93. The summed E-state index contributed by atoms with van der Waals surface area (Å²) < 4.78 is 10.2. The molecule has 106 valence electrons. The number of nitrogen functional groups attached to an aromatic ring is 1. The number of benzene rings is 1. The van der Waals surface area contributed by atoms with E-state index in [1.165, 1.54) is 14.2 Å². The molecule has 0 bridgehead atoms. The summed E-state index contributed by atoms with van der Waals surface area (Å²) in [5.41, 5.74) is 6.61. The van der Waals surface area contributed by atoms with Crippen molar-refractivity contribution in [3.8, 4) is 17.2 Å². The number of rotatable bonds is 4. The van der Waals surface area contributed by atoms with Gasteiger partial charge in [0.05, 0.1) is 14.2 Å². The lowest BCUT2D eigenvalue weighted by atomic mass is 10.1. The number of anilines is 1.